The van der Waals surface area contributed by atoms with Crippen LogP contribution in [0.4, 0.5) is 0 Å². The summed E-state index contributed by atoms with van der Waals surface area (Å²) in [7, 11) is 3.72. The SMILES string of the molecule is CC[C@H]1OC(=O)[C@H](C)C(=O)[C@H](C)[C@@H](OC2O[C@H](C)C[C@H](N(C)C)[C@H]2O)[C@@]2(C)CC(C)=C(NC(C)=O)[C@H](C)[C@@H](OCC(N)=CO2)[C@]1(C)O. The van der Waals surface area contributed by atoms with Crippen LogP contribution in [0.2, 0.25) is 0 Å². The number of nitrogens with two attached hydrogens (primary N) is 1. The zero-order chi connectivity index (χ0) is 35.6. The fourth-order valence-corrected chi connectivity index (χ4v) is 7.32. The van der Waals surface area contributed by atoms with Crippen molar-refractivity contribution in [3.05, 3.63) is 23.2 Å². The van der Waals surface area contributed by atoms with Crippen molar-refractivity contribution < 1.29 is 48.3 Å². The molecule has 0 aliphatic carbocycles. The first-order valence-electron chi connectivity index (χ1n) is 16.6. The third-order valence-electron chi connectivity index (χ3n) is 9.90. The number of amides is 1. The summed E-state index contributed by atoms with van der Waals surface area (Å²) < 4.78 is 31.3. The summed E-state index contributed by atoms with van der Waals surface area (Å²) in [5.74, 6) is -4.49. The van der Waals surface area contributed by atoms with Crippen molar-refractivity contribution in [1.29, 1.82) is 0 Å². The van der Waals surface area contributed by atoms with Gasteiger partial charge in [-0.2, -0.15) is 0 Å². The summed E-state index contributed by atoms with van der Waals surface area (Å²) in [5, 5.41) is 26.4. The Morgan fingerprint density at radius 3 is 2.38 bits per heavy atom. The first kappa shape index (κ1) is 38.9. The third kappa shape index (κ3) is 8.55. The van der Waals surface area contributed by atoms with Gasteiger partial charge in [0.25, 0.3) is 0 Å². The molecule has 3 heterocycles. The minimum atomic E-state index is -1.77. The second-order valence-corrected chi connectivity index (χ2v) is 14.3. The molecule has 2 bridgehead atoms. The lowest BCUT2D eigenvalue weighted by atomic mass is 9.77. The van der Waals surface area contributed by atoms with E-state index < -0.39 is 71.4 Å². The molecule has 1 saturated heterocycles. The first-order chi connectivity index (χ1) is 21.7. The Balaban J connectivity index is 2.33. The van der Waals surface area contributed by atoms with Crippen LogP contribution in [0.5, 0.6) is 0 Å². The van der Waals surface area contributed by atoms with Gasteiger partial charge < -0.3 is 49.8 Å². The Bertz CT molecular complexity index is 1220. The largest absolute Gasteiger partial charge is 0.490 e. The van der Waals surface area contributed by atoms with Gasteiger partial charge in [0.05, 0.1) is 24.5 Å². The second-order valence-electron chi connectivity index (χ2n) is 14.3. The zero-order valence-corrected chi connectivity index (χ0v) is 29.9. The van der Waals surface area contributed by atoms with Gasteiger partial charge in [-0.05, 0) is 67.1 Å². The summed E-state index contributed by atoms with van der Waals surface area (Å²) in [6, 6.07) is -0.291. The van der Waals surface area contributed by atoms with Crippen molar-refractivity contribution in [2.75, 3.05) is 20.7 Å². The number of ether oxygens (including phenoxy) is 5. The monoisotopic (exact) mass is 667 g/mol. The standard InChI is InChI=1S/C34H57N3O10/c1-12-25-34(9,42)30-19(4)26(36-22(7)38)17(2)14-33(8,44-16-23(35)15-43-30)29(20(5)27(39)21(6)31(41)46-25)47-32-28(40)24(37(10)11)13-18(3)45-32/h16,18-21,24-25,28-30,32,40,42H,12-15,35H2,1-11H3,(H,36,38)/t18-,19+,20+,21-,24+,25-,28-,29-,30-,32?,33-,34-/m1/s1. The highest BCUT2D eigenvalue weighted by molar-refractivity contribution is 6.00. The van der Waals surface area contributed by atoms with Crippen LogP contribution in [0.3, 0.4) is 0 Å². The predicted molar refractivity (Wildman–Crippen MR) is 173 cm³/mol. The summed E-state index contributed by atoms with van der Waals surface area (Å²) >= 11 is 0. The number of aliphatic hydroxyl groups excluding tert-OH is 1. The Hall–Kier alpha value is -2.55. The Morgan fingerprint density at radius 2 is 1.81 bits per heavy atom. The molecule has 1 amide bonds. The Labute approximate surface area is 279 Å². The molecular weight excluding hydrogens is 610 g/mol. The summed E-state index contributed by atoms with van der Waals surface area (Å²) in [5.41, 5.74) is 4.57. The lowest BCUT2D eigenvalue weighted by molar-refractivity contribution is -0.292. The molecule has 3 aliphatic heterocycles. The zero-order valence-electron chi connectivity index (χ0n) is 29.9. The number of Topliss-reactive ketones (excluding diaryl/α,β-unsaturated/α-hetero) is 1. The number of esters is 1. The second kappa shape index (κ2) is 15.3. The number of carbonyl (C=O) groups is 3. The molecule has 0 spiro atoms. The molecule has 0 saturated carbocycles. The summed E-state index contributed by atoms with van der Waals surface area (Å²) in [4.78, 5) is 42.2. The average molecular weight is 668 g/mol. The minimum absolute atomic E-state index is 0.111. The van der Waals surface area contributed by atoms with Gasteiger partial charge in [0.2, 0.25) is 5.91 Å². The van der Waals surface area contributed by atoms with Gasteiger partial charge in [0.1, 0.15) is 41.7 Å². The summed E-state index contributed by atoms with van der Waals surface area (Å²) in [6.07, 6.45) is -3.46. The number of aliphatic hydroxyl groups is 2. The van der Waals surface area contributed by atoms with Crippen molar-refractivity contribution in [3.8, 4) is 0 Å². The number of nitrogens with one attached hydrogen (secondary N) is 1. The van der Waals surface area contributed by atoms with Crippen LogP contribution in [-0.2, 0) is 38.1 Å². The summed E-state index contributed by atoms with van der Waals surface area (Å²) in [6.45, 7) is 14.9. The molecule has 5 N–H and O–H groups in total. The number of hydrogen-bond donors (Lipinski definition) is 4. The maximum atomic E-state index is 14.2. The van der Waals surface area contributed by atoms with Crippen molar-refractivity contribution in [2.24, 2.45) is 23.5 Å². The fourth-order valence-electron chi connectivity index (χ4n) is 7.32. The molecule has 1 fully saturated rings. The maximum Gasteiger partial charge on any atom is 0.316 e. The molecule has 13 nitrogen and oxygen atoms in total. The number of likely N-dealkylation sites (N-methyl/N-ethyl adjacent to an activating group) is 1. The van der Waals surface area contributed by atoms with Crippen LogP contribution in [0.25, 0.3) is 0 Å². The van der Waals surface area contributed by atoms with E-state index in [1.165, 1.54) is 27.0 Å². The Kier molecular flexibility index (Phi) is 12.7. The van der Waals surface area contributed by atoms with E-state index in [0.29, 0.717) is 17.7 Å². The molecule has 268 valence electrons. The fraction of sp³-hybridized carbons (Fsp3) is 0.794. The number of carbonyl (C=O) groups excluding carboxylic acids is 3. The number of rotatable bonds is 5. The average Bonchev–Trinajstić information content (AvgIpc) is 3.00. The van der Waals surface area contributed by atoms with Gasteiger partial charge >= 0.3 is 5.97 Å². The lowest BCUT2D eigenvalue weighted by Gasteiger charge is -2.46. The van der Waals surface area contributed by atoms with Crippen LogP contribution >= 0.6 is 0 Å². The molecule has 12 atom stereocenters. The predicted octanol–water partition coefficient (Wildman–Crippen LogP) is 2.14. The number of cyclic esters (lactones) is 1. The molecule has 3 rings (SSSR count). The van der Waals surface area contributed by atoms with Gasteiger partial charge in [-0.15, -0.1) is 0 Å². The van der Waals surface area contributed by atoms with E-state index in [2.05, 4.69) is 5.32 Å². The Morgan fingerprint density at radius 1 is 1.17 bits per heavy atom. The van der Waals surface area contributed by atoms with Crippen LogP contribution in [-0.4, -0.2) is 108 Å². The van der Waals surface area contributed by atoms with Gasteiger partial charge in [-0.25, -0.2) is 0 Å². The number of ketones is 1. The van der Waals surface area contributed by atoms with Crippen molar-refractivity contribution in [1.82, 2.24) is 10.2 Å². The van der Waals surface area contributed by atoms with E-state index in [0.717, 1.165) is 0 Å². The number of fused-ring (bicyclic) bond motifs is 4. The minimum Gasteiger partial charge on any atom is -0.490 e. The molecule has 3 aliphatic rings. The first-order valence-corrected chi connectivity index (χ1v) is 16.6. The van der Waals surface area contributed by atoms with Crippen LogP contribution < -0.4 is 11.1 Å². The van der Waals surface area contributed by atoms with Gasteiger partial charge in [0.15, 0.2) is 12.1 Å². The van der Waals surface area contributed by atoms with Crippen molar-refractivity contribution >= 4 is 17.7 Å². The highest BCUT2D eigenvalue weighted by Gasteiger charge is 2.52. The topological polar surface area (TPSA) is 179 Å². The van der Waals surface area contributed by atoms with Crippen LogP contribution in [0, 0.1) is 17.8 Å². The lowest BCUT2D eigenvalue weighted by Crippen LogP contribution is -2.59. The number of hydrogen-bond acceptors (Lipinski definition) is 12. The molecular formula is C34H57N3O10. The van der Waals surface area contributed by atoms with Gasteiger partial charge in [0, 0.05) is 36.9 Å². The molecule has 13 heteroatoms. The van der Waals surface area contributed by atoms with E-state index >= 15 is 0 Å². The third-order valence-corrected chi connectivity index (χ3v) is 9.90. The molecule has 47 heavy (non-hydrogen) atoms. The van der Waals surface area contributed by atoms with Crippen molar-refractivity contribution in [3.63, 3.8) is 0 Å². The van der Waals surface area contributed by atoms with E-state index in [-0.39, 0.29) is 43.2 Å². The molecule has 0 aromatic rings. The highest BCUT2D eigenvalue weighted by Crippen LogP contribution is 2.40. The number of nitrogens with zero attached hydrogens (tertiary/aromatic N) is 1. The molecule has 0 aromatic heterocycles. The van der Waals surface area contributed by atoms with E-state index in [4.69, 9.17) is 29.4 Å². The normalized spacial score (nSPS) is 41.2. The van der Waals surface area contributed by atoms with E-state index in [1.54, 1.807) is 20.8 Å². The van der Waals surface area contributed by atoms with Gasteiger partial charge in [-0.1, -0.05) is 20.8 Å². The molecule has 0 aromatic carbocycles. The molecule has 0 radical (unpaired) electrons. The van der Waals surface area contributed by atoms with Crippen LogP contribution in [0.1, 0.15) is 81.6 Å². The van der Waals surface area contributed by atoms with Crippen molar-refractivity contribution in [2.45, 2.75) is 136 Å². The van der Waals surface area contributed by atoms with E-state index in [1.807, 2.05) is 39.8 Å². The highest BCUT2D eigenvalue weighted by atomic mass is 16.7. The van der Waals surface area contributed by atoms with Gasteiger partial charge in [-0.3, -0.25) is 14.4 Å². The van der Waals surface area contributed by atoms with E-state index in [9.17, 15) is 24.6 Å². The quantitative estimate of drug-likeness (QED) is 0.248. The smallest absolute Gasteiger partial charge is 0.316 e. The van der Waals surface area contributed by atoms with Crippen LogP contribution in [0.15, 0.2) is 23.2 Å². The molecule has 1 unspecified atom stereocenters. The maximum absolute atomic E-state index is 14.2.